The Bertz CT molecular complexity index is 337. The molecule has 94 valence electrons. The molecule has 0 aromatic heterocycles. The van der Waals surface area contributed by atoms with Crippen molar-refractivity contribution in [1.29, 1.82) is 0 Å². The van der Waals surface area contributed by atoms with Crippen LogP contribution in [0.2, 0.25) is 10.0 Å². The molecule has 0 saturated heterocycles. The summed E-state index contributed by atoms with van der Waals surface area (Å²) in [6.45, 7) is 0. The van der Waals surface area contributed by atoms with Gasteiger partial charge in [0, 0.05) is 6.04 Å². The number of hydrogen-bond donors (Lipinski definition) is 1. The van der Waals surface area contributed by atoms with Gasteiger partial charge in [-0.05, 0) is 25.0 Å². The first kappa shape index (κ1) is 13.0. The SMILES string of the molecule is Clc1cccc(Cl)c1NC1CCCCCCC1. The van der Waals surface area contributed by atoms with Crippen molar-refractivity contribution in [1.82, 2.24) is 0 Å². The summed E-state index contributed by atoms with van der Waals surface area (Å²) in [5, 5.41) is 4.96. The Hall–Kier alpha value is -0.400. The first-order valence-corrected chi connectivity index (χ1v) is 7.23. The molecule has 1 saturated carbocycles. The van der Waals surface area contributed by atoms with E-state index in [0.29, 0.717) is 6.04 Å². The summed E-state index contributed by atoms with van der Waals surface area (Å²) in [5.41, 5.74) is 0.904. The Labute approximate surface area is 114 Å². The summed E-state index contributed by atoms with van der Waals surface area (Å²) in [6.07, 6.45) is 9.16. The Kier molecular flexibility index (Phi) is 4.99. The summed E-state index contributed by atoms with van der Waals surface area (Å²) in [6, 6.07) is 6.18. The number of benzene rings is 1. The fraction of sp³-hybridized carbons (Fsp3) is 0.571. The molecule has 0 spiro atoms. The van der Waals surface area contributed by atoms with Gasteiger partial charge in [0.15, 0.2) is 0 Å². The third-order valence-corrected chi connectivity index (χ3v) is 4.05. The Morgan fingerprint density at radius 3 is 2.00 bits per heavy atom. The van der Waals surface area contributed by atoms with Crippen LogP contribution in [0.5, 0.6) is 0 Å². The quantitative estimate of drug-likeness (QED) is 0.747. The van der Waals surface area contributed by atoms with Crippen LogP contribution in [0.4, 0.5) is 5.69 Å². The van der Waals surface area contributed by atoms with E-state index >= 15 is 0 Å². The minimum Gasteiger partial charge on any atom is -0.380 e. The summed E-state index contributed by atoms with van der Waals surface area (Å²) in [4.78, 5) is 0. The van der Waals surface area contributed by atoms with Crippen LogP contribution in [-0.4, -0.2) is 6.04 Å². The molecule has 3 heteroatoms. The normalized spacial score (nSPS) is 18.5. The zero-order valence-electron chi connectivity index (χ0n) is 10.0. The van der Waals surface area contributed by atoms with Crippen molar-refractivity contribution >= 4 is 28.9 Å². The van der Waals surface area contributed by atoms with Gasteiger partial charge in [0.25, 0.3) is 0 Å². The molecule has 0 unspecified atom stereocenters. The summed E-state index contributed by atoms with van der Waals surface area (Å²) in [7, 11) is 0. The topological polar surface area (TPSA) is 12.0 Å². The highest BCUT2D eigenvalue weighted by Crippen LogP contribution is 2.32. The fourth-order valence-corrected chi connectivity index (χ4v) is 2.95. The van der Waals surface area contributed by atoms with Crippen molar-refractivity contribution in [2.45, 2.75) is 51.0 Å². The van der Waals surface area contributed by atoms with Crippen molar-refractivity contribution in [3.05, 3.63) is 28.2 Å². The predicted molar refractivity (Wildman–Crippen MR) is 76.2 cm³/mol. The van der Waals surface area contributed by atoms with E-state index < -0.39 is 0 Å². The second-order valence-corrected chi connectivity index (χ2v) is 5.60. The van der Waals surface area contributed by atoms with Gasteiger partial charge in [0.1, 0.15) is 0 Å². The molecule has 1 N–H and O–H groups in total. The number of hydrogen-bond acceptors (Lipinski definition) is 1. The van der Waals surface area contributed by atoms with Gasteiger partial charge in [-0.2, -0.15) is 0 Å². The molecular weight excluding hydrogens is 253 g/mol. The largest absolute Gasteiger partial charge is 0.380 e. The molecule has 0 aliphatic heterocycles. The predicted octanol–water partition coefficient (Wildman–Crippen LogP) is 5.52. The Balaban J connectivity index is 2.03. The van der Waals surface area contributed by atoms with E-state index in [9.17, 15) is 0 Å². The maximum absolute atomic E-state index is 6.17. The molecule has 1 nitrogen and oxygen atoms in total. The molecule has 0 heterocycles. The second kappa shape index (κ2) is 6.51. The van der Waals surface area contributed by atoms with Crippen LogP contribution >= 0.6 is 23.2 Å². The standard InChI is InChI=1S/C14H19Cl2N/c15-12-9-6-10-13(16)14(12)17-11-7-4-2-1-3-5-8-11/h6,9-11,17H,1-5,7-8H2. The summed E-state index contributed by atoms with van der Waals surface area (Å²) >= 11 is 12.3. The van der Waals surface area contributed by atoms with Crippen molar-refractivity contribution < 1.29 is 0 Å². The molecule has 0 atom stereocenters. The van der Waals surface area contributed by atoms with E-state index in [1.165, 1.54) is 44.9 Å². The Morgan fingerprint density at radius 2 is 1.41 bits per heavy atom. The first-order valence-electron chi connectivity index (χ1n) is 6.48. The van der Waals surface area contributed by atoms with E-state index in [1.54, 1.807) is 0 Å². The molecule has 1 aromatic carbocycles. The molecule has 0 bridgehead atoms. The summed E-state index contributed by atoms with van der Waals surface area (Å²) in [5.74, 6) is 0. The van der Waals surface area contributed by atoms with Crippen LogP contribution in [0.25, 0.3) is 0 Å². The molecule has 0 radical (unpaired) electrons. The van der Waals surface area contributed by atoms with Crippen LogP contribution < -0.4 is 5.32 Å². The van der Waals surface area contributed by atoms with E-state index in [1.807, 2.05) is 18.2 Å². The molecule has 2 rings (SSSR count). The average Bonchev–Trinajstić information content (AvgIpc) is 2.26. The van der Waals surface area contributed by atoms with Gasteiger partial charge in [0.05, 0.1) is 15.7 Å². The molecule has 1 aliphatic carbocycles. The fourth-order valence-electron chi connectivity index (χ4n) is 2.44. The van der Waals surface area contributed by atoms with Crippen LogP contribution in [-0.2, 0) is 0 Å². The second-order valence-electron chi connectivity index (χ2n) is 4.78. The van der Waals surface area contributed by atoms with E-state index in [4.69, 9.17) is 23.2 Å². The minimum atomic E-state index is 0.521. The van der Waals surface area contributed by atoms with Crippen LogP contribution in [0, 0.1) is 0 Å². The van der Waals surface area contributed by atoms with Crippen molar-refractivity contribution in [2.75, 3.05) is 5.32 Å². The molecular formula is C14H19Cl2N. The van der Waals surface area contributed by atoms with E-state index in [-0.39, 0.29) is 0 Å². The molecule has 1 aromatic rings. The molecule has 17 heavy (non-hydrogen) atoms. The number of nitrogens with one attached hydrogen (secondary N) is 1. The highest BCUT2D eigenvalue weighted by Gasteiger charge is 2.14. The third-order valence-electron chi connectivity index (χ3n) is 3.42. The molecule has 1 aliphatic rings. The maximum atomic E-state index is 6.17. The average molecular weight is 272 g/mol. The first-order chi connectivity index (χ1) is 8.27. The number of anilines is 1. The van der Waals surface area contributed by atoms with Crippen molar-refractivity contribution in [2.24, 2.45) is 0 Å². The van der Waals surface area contributed by atoms with Crippen LogP contribution in [0.1, 0.15) is 44.9 Å². The van der Waals surface area contributed by atoms with Crippen molar-refractivity contribution in [3.8, 4) is 0 Å². The highest BCUT2D eigenvalue weighted by atomic mass is 35.5. The van der Waals surface area contributed by atoms with Gasteiger partial charge in [-0.3, -0.25) is 0 Å². The van der Waals surface area contributed by atoms with E-state index in [2.05, 4.69) is 5.32 Å². The lowest BCUT2D eigenvalue weighted by atomic mass is 9.96. The number of halogens is 2. The lowest BCUT2D eigenvalue weighted by Crippen LogP contribution is -2.20. The molecule has 1 fully saturated rings. The van der Waals surface area contributed by atoms with Gasteiger partial charge < -0.3 is 5.32 Å². The van der Waals surface area contributed by atoms with Gasteiger partial charge in [-0.25, -0.2) is 0 Å². The Morgan fingerprint density at radius 1 is 0.882 bits per heavy atom. The third kappa shape index (κ3) is 3.79. The maximum Gasteiger partial charge on any atom is 0.0721 e. The van der Waals surface area contributed by atoms with Gasteiger partial charge in [-0.15, -0.1) is 0 Å². The number of rotatable bonds is 2. The monoisotopic (exact) mass is 271 g/mol. The summed E-state index contributed by atoms with van der Waals surface area (Å²) < 4.78 is 0. The lowest BCUT2D eigenvalue weighted by Gasteiger charge is -2.23. The van der Waals surface area contributed by atoms with Gasteiger partial charge in [-0.1, -0.05) is 61.4 Å². The zero-order valence-corrected chi connectivity index (χ0v) is 11.5. The molecule has 0 amide bonds. The van der Waals surface area contributed by atoms with Crippen LogP contribution in [0.15, 0.2) is 18.2 Å². The minimum absolute atomic E-state index is 0.521. The van der Waals surface area contributed by atoms with Gasteiger partial charge in [0.2, 0.25) is 0 Å². The van der Waals surface area contributed by atoms with Crippen molar-refractivity contribution in [3.63, 3.8) is 0 Å². The lowest BCUT2D eigenvalue weighted by molar-refractivity contribution is 0.471. The number of para-hydroxylation sites is 1. The van der Waals surface area contributed by atoms with E-state index in [0.717, 1.165) is 15.7 Å². The smallest absolute Gasteiger partial charge is 0.0721 e. The van der Waals surface area contributed by atoms with Crippen LogP contribution in [0.3, 0.4) is 0 Å². The van der Waals surface area contributed by atoms with Gasteiger partial charge >= 0.3 is 0 Å². The highest BCUT2D eigenvalue weighted by molar-refractivity contribution is 6.39. The zero-order chi connectivity index (χ0) is 12.1.